The first-order chi connectivity index (χ1) is 16.7. The fourth-order valence-electron chi connectivity index (χ4n) is 5.87. The largest absolute Gasteiger partial charge is 0.354 e. The van der Waals surface area contributed by atoms with E-state index in [0.29, 0.717) is 0 Å². The van der Waals surface area contributed by atoms with E-state index >= 15 is 0 Å². The second-order valence-corrected chi connectivity index (χ2v) is 9.08. The molecule has 7 rings (SSSR count). The smallest absolute Gasteiger partial charge is 0.245 e. The van der Waals surface area contributed by atoms with Crippen molar-refractivity contribution in [2.75, 3.05) is 11.9 Å². The Morgan fingerprint density at radius 1 is 0.735 bits per heavy atom. The predicted molar refractivity (Wildman–Crippen MR) is 138 cm³/mol. The van der Waals surface area contributed by atoms with Gasteiger partial charge in [-0.25, -0.2) is 0 Å². The zero-order valence-corrected chi connectivity index (χ0v) is 18.7. The third-order valence-electron chi connectivity index (χ3n) is 7.37. The van der Waals surface area contributed by atoms with Crippen LogP contribution in [0.15, 0.2) is 109 Å². The molecule has 0 fully saturated rings. The van der Waals surface area contributed by atoms with E-state index in [9.17, 15) is 4.79 Å². The Balaban J connectivity index is 1.59. The summed E-state index contributed by atoms with van der Waals surface area (Å²) in [6.45, 7) is 0. The number of carbonyl (C=O) groups is 1. The van der Waals surface area contributed by atoms with E-state index in [0.717, 1.165) is 55.7 Å². The minimum absolute atomic E-state index is 0.0947. The van der Waals surface area contributed by atoms with Gasteiger partial charge in [0.2, 0.25) is 5.91 Å². The van der Waals surface area contributed by atoms with Gasteiger partial charge in [-0.15, -0.1) is 0 Å². The van der Waals surface area contributed by atoms with E-state index in [1.54, 1.807) is 4.90 Å². The van der Waals surface area contributed by atoms with Crippen molar-refractivity contribution >= 4 is 28.1 Å². The SMILES string of the molecule is CN1C(=O)C2(C=C(c3c(-c4ccccc4)[nH]c4ccccc34)c3ccccc32)c2ccccc21. The van der Waals surface area contributed by atoms with E-state index in [2.05, 4.69) is 83.9 Å². The lowest BCUT2D eigenvalue weighted by Crippen LogP contribution is -2.37. The molecule has 4 aromatic carbocycles. The van der Waals surface area contributed by atoms with Crippen LogP contribution in [0.3, 0.4) is 0 Å². The number of hydrogen-bond acceptors (Lipinski definition) is 1. The summed E-state index contributed by atoms with van der Waals surface area (Å²) in [5.41, 5.74) is 8.91. The molecule has 2 aliphatic rings. The molecule has 1 N–H and O–H groups in total. The first-order valence-electron chi connectivity index (χ1n) is 11.6. The van der Waals surface area contributed by atoms with E-state index in [-0.39, 0.29) is 5.91 Å². The van der Waals surface area contributed by atoms with Crippen LogP contribution in [0.25, 0.3) is 27.7 Å². The molecule has 1 amide bonds. The lowest BCUT2D eigenvalue weighted by molar-refractivity contribution is -0.120. The molecule has 2 heterocycles. The molecule has 0 saturated carbocycles. The van der Waals surface area contributed by atoms with Gasteiger partial charge in [0.25, 0.3) is 0 Å². The number of anilines is 1. The molecule has 34 heavy (non-hydrogen) atoms. The number of aromatic nitrogens is 1. The summed E-state index contributed by atoms with van der Waals surface area (Å²) in [5, 5.41) is 1.16. The lowest BCUT2D eigenvalue weighted by atomic mass is 9.77. The Kier molecular flexibility index (Phi) is 3.83. The first-order valence-corrected chi connectivity index (χ1v) is 11.6. The lowest BCUT2D eigenvalue weighted by Gasteiger charge is -2.22. The second kappa shape index (κ2) is 6.82. The monoisotopic (exact) mass is 438 g/mol. The van der Waals surface area contributed by atoms with E-state index in [4.69, 9.17) is 0 Å². The van der Waals surface area contributed by atoms with Crippen LogP contribution in [0, 0.1) is 0 Å². The van der Waals surface area contributed by atoms with Gasteiger partial charge in [-0.2, -0.15) is 0 Å². The van der Waals surface area contributed by atoms with Crippen molar-refractivity contribution in [2.24, 2.45) is 0 Å². The van der Waals surface area contributed by atoms with Crippen molar-refractivity contribution in [1.29, 1.82) is 0 Å². The molecular formula is C31H22N2O. The Bertz CT molecular complexity index is 1640. The summed E-state index contributed by atoms with van der Waals surface area (Å²) in [6, 6.07) is 35.4. The van der Waals surface area contributed by atoms with Gasteiger partial charge < -0.3 is 9.88 Å². The van der Waals surface area contributed by atoms with Crippen LogP contribution in [0.2, 0.25) is 0 Å². The number of para-hydroxylation sites is 2. The third-order valence-corrected chi connectivity index (χ3v) is 7.37. The minimum atomic E-state index is -0.816. The summed E-state index contributed by atoms with van der Waals surface area (Å²) in [5.74, 6) is 0.0947. The zero-order valence-electron chi connectivity index (χ0n) is 18.7. The number of benzene rings is 4. The number of hydrogen-bond donors (Lipinski definition) is 1. The van der Waals surface area contributed by atoms with Gasteiger partial charge in [0, 0.05) is 29.2 Å². The molecule has 1 unspecified atom stereocenters. The molecular weight excluding hydrogens is 416 g/mol. The molecule has 1 spiro atoms. The van der Waals surface area contributed by atoms with E-state index in [1.807, 2.05) is 37.4 Å². The van der Waals surface area contributed by atoms with Crippen molar-refractivity contribution in [2.45, 2.75) is 5.41 Å². The fraction of sp³-hybridized carbons (Fsp3) is 0.0645. The molecule has 0 radical (unpaired) electrons. The molecule has 0 bridgehead atoms. The fourth-order valence-corrected chi connectivity index (χ4v) is 5.87. The van der Waals surface area contributed by atoms with Crippen molar-refractivity contribution < 1.29 is 4.79 Å². The number of carbonyl (C=O) groups excluding carboxylic acids is 1. The number of fused-ring (bicyclic) bond motifs is 5. The van der Waals surface area contributed by atoms with Gasteiger partial charge >= 0.3 is 0 Å². The van der Waals surface area contributed by atoms with Gasteiger partial charge in [0.15, 0.2) is 0 Å². The molecule has 0 saturated heterocycles. The third kappa shape index (κ3) is 2.33. The molecule has 1 atom stereocenters. The Labute approximate surface area is 198 Å². The molecule has 3 nitrogen and oxygen atoms in total. The van der Waals surface area contributed by atoms with Gasteiger partial charge in [0.1, 0.15) is 5.41 Å². The maximum Gasteiger partial charge on any atom is 0.245 e. The molecule has 162 valence electrons. The van der Waals surface area contributed by atoms with Crippen LogP contribution < -0.4 is 4.90 Å². The van der Waals surface area contributed by atoms with Gasteiger partial charge in [-0.3, -0.25) is 4.79 Å². The van der Waals surface area contributed by atoms with E-state index < -0.39 is 5.41 Å². The number of H-pyrrole nitrogens is 1. The van der Waals surface area contributed by atoms with Crippen molar-refractivity contribution in [3.8, 4) is 11.3 Å². The van der Waals surface area contributed by atoms with Crippen molar-refractivity contribution in [1.82, 2.24) is 4.98 Å². The first kappa shape index (κ1) is 19.1. The molecule has 5 aromatic rings. The van der Waals surface area contributed by atoms with Crippen LogP contribution >= 0.6 is 0 Å². The van der Waals surface area contributed by atoms with Crippen LogP contribution in [-0.4, -0.2) is 17.9 Å². The number of nitrogens with zero attached hydrogens (tertiary/aromatic N) is 1. The number of nitrogens with one attached hydrogen (secondary N) is 1. The van der Waals surface area contributed by atoms with Crippen LogP contribution in [0.1, 0.15) is 22.3 Å². The molecule has 1 aliphatic heterocycles. The summed E-state index contributed by atoms with van der Waals surface area (Å²) in [7, 11) is 1.88. The standard InChI is InChI=1S/C31H22N2O/c1-33-27-18-10-8-16-25(27)31(30(33)34)19-23(21-13-5-7-15-24(21)31)28-22-14-6-9-17-26(22)32-29(28)20-11-3-2-4-12-20/h2-19,32H,1H3. The second-order valence-electron chi connectivity index (χ2n) is 9.08. The molecule has 1 aliphatic carbocycles. The maximum atomic E-state index is 14.0. The highest BCUT2D eigenvalue weighted by molar-refractivity contribution is 6.17. The summed E-state index contributed by atoms with van der Waals surface area (Å²) >= 11 is 0. The average molecular weight is 439 g/mol. The maximum absolute atomic E-state index is 14.0. The topological polar surface area (TPSA) is 36.1 Å². The van der Waals surface area contributed by atoms with Crippen molar-refractivity contribution in [3.05, 3.63) is 131 Å². The summed E-state index contributed by atoms with van der Waals surface area (Å²) in [6.07, 6.45) is 2.21. The number of rotatable bonds is 2. The highest BCUT2D eigenvalue weighted by Gasteiger charge is 2.53. The van der Waals surface area contributed by atoms with Gasteiger partial charge in [-0.1, -0.05) is 97.1 Å². The highest BCUT2D eigenvalue weighted by atomic mass is 16.2. The van der Waals surface area contributed by atoms with Gasteiger partial charge in [-0.05, 0) is 40.0 Å². The van der Waals surface area contributed by atoms with Crippen LogP contribution in [0.4, 0.5) is 5.69 Å². The molecule has 3 heteroatoms. The van der Waals surface area contributed by atoms with Gasteiger partial charge in [0.05, 0.1) is 5.69 Å². The average Bonchev–Trinajstić information content (AvgIpc) is 3.51. The molecule has 1 aromatic heterocycles. The normalized spacial score (nSPS) is 18.4. The predicted octanol–water partition coefficient (Wildman–Crippen LogP) is 6.54. The minimum Gasteiger partial charge on any atom is -0.354 e. The number of amides is 1. The highest BCUT2D eigenvalue weighted by Crippen LogP contribution is 2.55. The zero-order chi connectivity index (χ0) is 22.9. The number of aromatic amines is 1. The van der Waals surface area contributed by atoms with E-state index in [1.165, 1.54) is 0 Å². The van der Waals surface area contributed by atoms with Crippen LogP contribution in [0.5, 0.6) is 0 Å². The van der Waals surface area contributed by atoms with Crippen molar-refractivity contribution in [3.63, 3.8) is 0 Å². The Morgan fingerprint density at radius 2 is 1.41 bits per heavy atom. The quantitative estimate of drug-likeness (QED) is 0.334. The van der Waals surface area contributed by atoms with Crippen LogP contribution in [-0.2, 0) is 10.2 Å². The number of likely N-dealkylation sites (N-methyl/N-ethyl adjacent to an activating group) is 1. The Hall–Kier alpha value is -4.37. The summed E-state index contributed by atoms with van der Waals surface area (Å²) in [4.78, 5) is 19.4. The summed E-state index contributed by atoms with van der Waals surface area (Å²) < 4.78 is 0. The Morgan fingerprint density at radius 3 is 2.26 bits per heavy atom.